The first-order valence-corrected chi connectivity index (χ1v) is 7.14. The van der Waals surface area contributed by atoms with Gasteiger partial charge in [-0.15, -0.1) is 0 Å². The molecule has 6 nitrogen and oxygen atoms in total. The van der Waals surface area contributed by atoms with Crippen LogP contribution >= 0.6 is 0 Å². The van der Waals surface area contributed by atoms with Gasteiger partial charge in [0.2, 0.25) is 0 Å². The summed E-state index contributed by atoms with van der Waals surface area (Å²) in [5.74, 6) is 6.86. The molecule has 0 amide bonds. The third-order valence-corrected chi connectivity index (χ3v) is 4.59. The number of rotatable bonds is 6. The van der Waals surface area contributed by atoms with Crippen molar-refractivity contribution in [1.29, 1.82) is 0 Å². The number of aryl methyl sites for hydroxylation is 1. The number of nitrogens with one attached hydrogen (secondary N) is 1. The van der Waals surface area contributed by atoms with Gasteiger partial charge in [0.1, 0.15) is 12.2 Å². The summed E-state index contributed by atoms with van der Waals surface area (Å²) in [5, 5.41) is 4.24. The highest BCUT2D eigenvalue weighted by molar-refractivity contribution is 5.05. The normalized spacial score (nSPS) is 20.1. The van der Waals surface area contributed by atoms with Crippen molar-refractivity contribution in [1.82, 2.24) is 25.1 Å². The van der Waals surface area contributed by atoms with Gasteiger partial charge in [-0.1, -0.05) is 12.8 Å². The predicted octanol–water partition coefficient (Wildman–Crippen LogP) is 0.547. The molecule has 1 aliphatic rings. The fourth-order valence-electron chi connectivity index (χ4n) is 3.39. The minimum atomic E-state index is 0.138. The topological polar surface area (TPSA) is 72.0 Å². The van der Waals surface area contributed by atoms with Gasteiger partial charge in [0.05, 0.1) is 0 Å². The molecule has 0 saturated heterocycles. The molecule has 1 heterocycles. The van der Waals surface area contributed by atoms with E-state index in [4.69, 9.17) is 5.84 Å². The SMILES string of the molecule is CCn1ncnc1CC(NN)C1(N(C)C)CCCC1. The highest BCUT2D eigenvalue weighted by Crippen LogP contribution is 2.37. The Morgan fingerprint density at radius 2 is 2.16 bits per heavy atom. The van der Waals surface area contributed by atoms with E-state index >= 15 is 0 Å². The Kier molecular flexibility index (Phi) is 4.54. The van der Waals surface area contributed by atoms with E-state index in [1.165, 1.54) is 25.7 Å². The van der Waals surface area contributed by atoms with Crippen LogP contribution in [0.4, 0.5) is 0 Å². The van der Waals surface area contributed by atoms with Crippen LogP contribution < -0.4 is 11.3 Å². The maximum atomic E-state index is 5.85. The zero-order chi connectivity index (χ0) is 13.9. The van der Waals surface area contributed by atoms with Crippen molar-refractivity contribution in [3.63, 3.8) is 0 Å². The fourth-order valence-corrected chi connectivity index (χ4v) is 3.39. The van der Waals surface area contributed by atoms with Crippen molar-refractivity contribution in [2.24, 2.45) is 5.84 Å². The van der Waals surface area contributed by atoms with Crippen molar-refractivity contribution in [2.45, 2.75) is 57.2 Å². The van der Waals surface area contributed by atoms with Crippen LogP contribution in [-0.4, -0.2) is 45.3 Å². The first kappa shape index (κ1) is 14.4. The van der Waals surface area contributed by atoms with Crippen LogP contribution in [0.25, 0.3) is 0 Å². The van der Waals surface area contributed by atoms with E-state index in [0.29, 0.717) is 0 Å². The van der Waals surface area contributed by atoms with Gasteiger partial charge in [-0.3, -0.25) is 16.0 Å². The van der Waals surface area contributed by atoms with Gasteiger partial charge in [0.25, 0.3) is 0 Å². The molecule has 6 heteroatoms. The molecule has 0 bridgehead atoms. The van der Waals surface area contributed by atoms with Crippen LogP contribution in [0.2, 0.25) is 0 Å². The second-order valence-corrected chi connectivity index (χ2v) is 5.62. The van der Waals surface area contributed by atoms with E-state index in [1.54, 1.807) is 6.33 Å². The average molecular weight is 266 g/mol. The van der Waals surface area contributed by atoms with Gasteiger partial charge in [-0.05, 0) is 33.9 Å². The van der Waals surface area contributed by atoms with Gasteiger partial charge < -0.3 is 4.90 Å². The van der Waals surface area contributed by atoms with Crippen LogP contribution in [0.15, 0.2) is 6.33 Å². The zero-order valence-electron chi connectivity index (χ0n) is 12.3. The summed E-state index contributed by atoms with van der Waals surface area (Å²) in [4.78, 5) is 6.70. The number of likely N-dealkylation sites (N-methyl/N-ethyl adjacent to an activating group) is 1. The van der Waals surface area contributed by atoms with Crippen molar-refractivity contribution >= 4 is 0 Å². The summed E-state index contributed by atoms with van der Waals surface area (Å²) in [6.07, 6.45) is 7.38. The molecule has 1 aromatic rings. The van der Waals surface area contributed by atoms with Crippen LogP contribution in [0.5, 0.6) is 0 Å². The molecule has 1 aromatic heterocycles. The lowest BCUT2D eigenvalue weighted by Gasteiger charge is -2.42. The molecule has 2 rings (SSSR count). The van der Waals surface area contributed by atoms with E-state index in [0.717, 1.165) is 18.8 Å². The third-order valence-electron chi connectivity index (χ3n) is 4.59. The second-order valence-electron chi connectivity index (χ2n) is 5.62. The highest BCUT2D eigenvalue weighted by atomic mass is 15.3. The third kappa shape index (κ3) is 2.66. The molecule has 1 fully saturated rings. The first-order chi connectivity index (χ1) is 9.14. The lowest BCUT2D eigenvalue weighted by Crippen LogP contribution is -2.60. The van der Waals surface area contributed by atoms with E-state index in [-0.39, 0.29) is 11.6 Å². The number of hydrazine groups is 1. The van der Waals surface area contributed by atoms with Crippen molar-refractivity contribution in [3.05, 3.63) is 12.2 Å². The van der Waals surface area contributed by atoms with Crippen LogP contribution in [0, 0.1) is 0 Å². The molecule has 1 aliphatic carbocycles. The minimum absolute atomic E-state index is 0.138. The highest BCUT2D eigenvalue weighted by Gasteiger charge is 2.43. The van der Waals surface area contributed by atoms with Crippen LogP contribution in [-0.2, 0) is 13.0 Å². The van der Waals surface area contributed by atoms with Gasteiger partial charge in [-0.2, -0.15) is 5.10 Å². The first-order valence-electron chi connectivity index (χ1n) is 7.14. The Bertz CT molecular complexity index is 394. The van der Waals surface area contributed by atoms with Gasteiger partial charge >= 0.3 is 0 Å². The number of nitrogens with two attached hydrogens (primary N) is 1. The molecule has 0 aliphatic heterocycles. The van der Waals surface area contributed by atoms with Crippen LogP contribution in [0.1, 0.15) is 38.4 Å². The minimum Gasteiger partial charge on any atom is -0.302 e. The lowest BCUT2D eigenvalue weighted by atomic mass is 9.85. The molecular formula is C13H26N6. The van der Waals surface area contributed by atoms with Gasteiger partial charge in [0, 0.05) is 24.5 Å². The summed E-state index contributed by atoms with van der Waals surface area (Å²) >= 11 is 0. The second kappa shape index (κ2) is 5.98. The monoisotopic (exact) mass is 266 g/mol. The molecule has 3 N–H and O–H groups in total. The van der Waals surface area contributed by atoms with E-state index in [1.807, 2.05) is 4.68 Å². The van der Waals surface area contributed by atoms with Crippen molar-refractivity contribution in [3.8, 4) is 0 Å². The maximum absolute atomic E-state index is 5.85. The Morgan fingerprint density at radius 3 is 2.68 bits per heavy atom. The molecular weight excluding hydrogens is 240 g/mol. The van der Waals surface area contributed by atoms with E-state index < -0.39 is 0 Å². The Hall–Kier alpha value is -0.980. The molecule has 1 atom stereocenters. The predicted molar refractivity (Wildman–Crippen MR) is 75.4 cm³/mol. The molecule has 0 spiro atoms. The van der Waals surface area contributed by atoms with Gasteiger partial charge in [-0.25, -0.2) is 4.98 Å². The molecule has 1 saturated carbocycles. The summed E-state index contributed by atoms with van der Waals surface area (Å²) in [6.45, 7) is 2.93. The summed E-state index contributed by atoms with van der Waals surface area (Å²) in [7, 11) is 4.31. The van der Waals surface area contributed by atoms with E-state index in [2.05, 4.69) is 41.4 Å². The molecule has 19 heavy (non-hydrogen) atoms. The number of aromatic nitrogens is 3. The van der Waals surface area contributed by atoms with Gasteiger partial charge in [0.15, 0.2) is 0 Å². The number of nitrogens with zero attached hydrogens (tertiary/aromatic N) is 4. The molecule has 0 aromatic carbocycles. The van der Waals surface area contributed by atoms with Crippen molar-refractivity contribution in [2.75, 3.05) is 14.1 Å². The zero-order valence-corrected chi connectivity index (χ0v) is 12.3. The fraction of sp³-hybridized carbons (Fsp3) is 0.846. The Balaban J connectivity index is 2.19. The number of hydrogen-bond acceptors (Lipinski definition) is 5. The molecule has 0 radical (unpaired) electrons. The lowest BCUT2D eigenvalue weighted by molar-refractivity contribution is 0.103. The largest absolute Gasteiger partial charge is 0.302 e. The van der Waals surface area contributed by atoms with Crippen LogP contribution in [0.3, 0.4) is 0 Å². The number of hydrogen-bond donors (Lipinski definition) is 2. The summed E-state index contributed by atoms with van der Waals surface area (Å²) in [6, 6.07) is 0.208. The summed E-state index contributed by atoms with van der Waals surface area (Å²) < 4.78 is 1.95. The molecule has 108 valence electrons. The maximum Gasteiger partial charge on any atom is 0.138 e. The van der Waals surface area contributed by atoms with Crippen molar-refractivity contribution < 1.29 is 0 Å². The smallest absolute Gasteiger partial charge is 0.138 e. The Morgan fingerprint density at radius 1 is 1.47 bits per heavy atom. The quantitative estimate of drug-likeness (QED) is 0.581. The summed E-state index contributed by atoms with van der Waals surface area (Å²) in [5.41, 5.74) is 3.17. The average Bonchev–Trinajstić information content (AvgIpc) is 3.05. The Labute approximate surface area is 115 Å². The standard InChI is InChI=1S/C13H26N6/c1-4-19-12(15-10-16-19)9-11(17-14)13(18(2)3)7-5-6-8-13/h10-11,17H,4-9,14H2,1-3H3. The molecule has 1 unspecified atom stereocenters. The van der Waals surface area contributed by atoms with E-state index in [9.17, 15) is 0 Å².